The molecule has 0 radical (unpaired) electrons. The van der Waals surface area contributed by atoms with Gasteiger partial charge in [0.2, 0.25) is 0 Å². The van der Waals surface area contributed by atoms with Crippen LogP contribution in [0.2, 0.25) is 0 Å². The molecule has 10 rings (SSSR count). The highest BCUT2D eigenvalue weighted by atomic mass is 32.1. The van der Waals surface area contributed by atoms with Gasteiger partial charge in [-0.3, -0.25) is 0 Å². The average molecular weight is 616 g/mol. The Kier molecular flexibility index (Phi) is 5.74. The fourth-order valence-electron chi connectivity index (χ4n) is 7.07. The molecule has 47 heavy (non-hydrogen) atoms. The second kappa shape index (κ2) is 10.3. The lowest BCUT2D eigenvalue weighted by Gasteiger charge is -2.14. The first-order valence-electron chi connectivity index (χ1n) is 15.8. The van der Waals surface area contributed by atoms with Gasteiger partial charge in [-0.15, -0.1) is 11.3 Å². The molecule has 0 atom stereocenters. The molecule has 4 heteroatoms. The van der Waals surface area contributed by atoms with Gasteiger partial charge in [0, 0.05) is 36.9 Å². The molecule has 8 aromatic carbocycles. The van der Waals surface area contributed by atoms with Crippen molar-refractivity contribution in [1.82, 2.24) is 15.0 Å². The topological polar surface area (TPSA) is 38.7 Å². The second-order valence-electron chi connectivity index (χ2n) is 12.0. The highest BCUT2D eigenvalue weighted by molar-refractivity contribution is 7.26. The van der Waals surface area contributed by atoms with Crippen LogP contribution in [0, 0.1) is 0 Å². The van der Waals surface area contributed by atoms with Crippen LogP contribution in [0.15, 0.2) is 152 Å². The van der Waals surface area contributed by atoms with Crippen LogP contribution in [-0.4, -0.2) is 15.0 Å². The second-order valence-corrected chi connectivity index (χ2v) is 13.1. The van der Waals surface area contributed by atoms with Crippen LogP contribution in [0.25, 0.3) is 97.4 Å². The fourth-order valence-corrected chi connectivity index (χ4v) is 8.20. The van der Waals surface area contributed by atoms with Crippen molar-refractivity contribution in [3.8, 4) is 34.2 Å². The molecule has 0 saturated carbocycles. The van der Waals surface area contributed by atoms with Gasteiger partial charge in [-0.1, -0.05) is 127 Å². The average Bonchev–Trinajstić information content (AvgIpc) is 3.54. The Morgan fingerprint density at radius 2 is 0.936 bits per heavy atom. The van der Waals surface area contributed by atoms with Crippen LogP contribution in [0.4, 0.5) is 0 Å². The number of hydrogen-bond acceptors (Lipinski definition) is 4. The fraction of sp³-hybridized carbons (Fsp3) is 0. The Morgan fingerprint density at radius 1 is 0.340 bits per heavy atom. The Bertz CT molecular complexity index is 2850. The van der Waals surface area contributed by atoms with E-state index in [9.17, 15) is 0 Å². The summed E-state index contributed by atoms with van der Waals surface area (Å²) in [5, 5.41) is 12.3. The van der Waals surface area contributed by atoms with Crippen LogP contribution < -0.4 is 0 Å². The summed E-state index contributed by atoms with van der Waals surface area (Å²) in [7, 11) is 0. The van der Waals surface area contributed by atoms with Gasteiger partial charge in [-0.2, -0.15) is 0 Å². The highest BCUT2D eigenvalue weighted by Crippen LogP contribution is 2.46. The smallest absolute Gasteiger partial charge is 0.164 e. The predicted octanol–water partition coefficient (Wildman–Crippen LogP) is 11.9. The number of rotatable bonds is 3. The molecule has 0 N–H and O–H groups in total. The van der Waals surface area contributed by atoms with Crippen molar-refractivity contribution in [3.63, 3.8) is 0 Å². The molecule has 0 fully saturated rings. The third-order valence-electron chi connectivity index (χ3n) is 9.26. The monoisotopic (exact) mass is 615 g/mol. The van der Waals surface area contributed by atoms with Gasteiger partial charge in [-0.25, -0.2) is 15.0 Å². The lowest BCUT2D eigenvalue weighted by molar-refractivity contribution is 1.08. The summed E-state index contributed by atoms with van der Waals surface area (Å²) < 4.78 is 2.58. The van der Waals surface area contributed by atoms with Crippen LogP contribution in [-0.2, 0) is 0 Å². The van der Waals surface area contributed by atoms with Crippen molar-refractivity contribution in [2.24, 2.45) is 0 Å². The minimum atomic E-state index is 0.660. The number of aromatic nitrogens is 3. The van der Waals surface area contributed by atoms with E-state index < -0.39 is 0 Å². The molecule has 0 aliphatic heterocycles. The zero-order chi connectivity index (χ0) is 30.9. The molecule has 0 amide bonds. The van der Waals surface area contributed by atoms with E-state index >= 15 is 0 Å². The zero-order valence-electron chi connectivity index (χ0n) is 25.2. The number of thiophene rings is 1. The Hall–Kier alpha value is -5.97. The molecule has 10 aromatic rings. The predicted molar refractivity (Wildman–Crippen MR) is 199 cm³/mol. The van der Waals surface area contributed by atoms with E-state index in [0.717, 1.165) is 32.8 Å². The van der Waals surface area contributed by atoms with E-state index in [1.54, 1.807) is 0 Å². The molecule has 2 aromatic heterocycles. The van der Waals surface area contributed by atoms with E-state index in [1.165, 1.54) is 47.1 Å². The quantitative estimate of drug-likeness (QED) is 0.186. The van der Waals surface area contributed by atoms with Crippen LogP contribution in [0.1, 0.15) is 0 Å². The van der Waals surface area contributed by atoms with Gasteiger partial charge >= 0.3 is 0 Å². The Morgan fingerprint density at radius 3 is 1.77 bits per heavy atom. The molecule has 0 unspecified atom stereocenters. The molecule has 0 aliphatic rings. The SMILES string of the molecule is c1ccc(-c2nc(-c3ccc4ccccc4c3)nc(-c3cc4ccccc4c4c3ccc3sc5ccc6ccccc6c5c34)n2)cc1. The maximum absolute atomic E-state index is 5.22. The number of benzene rings is 8. The van der Waals surface area contributed by atoms with Crippen molar-refractivity contribution in [2.45, 2.75) is 0 Å². The molecule has 0 bridgehead atoms. The number of hydrogen-bond donors (Lipinski definition) is 0. The van der Waals surface area contributed by atoms with Gasteiger partial charge < -0.3 is 0 Å². The zero-order valence-corrected chi connectivity index (χ0v) is 26.0. The summed E-state index contributed by atoms with van der Waals surface area (Å²) in [5.41, 5.74) is 2.93. The van der Waals surface area contributed by atoms with Gasteiger partial charge in [0.15, 0.2) is 17.5 Å². The van der Waals surface area contributed by atoms with Crippen LogP contribution in [0.5, 0.6) is 0 Å². The van der Waals surface area contributed by atoms with Gasteiger partial charge in [-0.05, 0) is 67.4 Å². The van der Waals surface area contributed by atoms with E-state index in [0.29, 0.717) is 17.5 Å². The molecule has 0 aliphatic carbocycles. The van der Waals surface area contributed by atoms with Crippen LogP contribution >= 0.6 is 11.3 Å². The van der Waals surface area contributed by atoms with Crippen LogP contribution in [0.3, 0.4) is 0 Å². The molecular weight excluding hydrogens is 591 g/mol. The van der Waals surface area contributed by atoms with Crippen molar-refractivity contribution in [3.05, 3.63) is 152 Å². The van der Waals surface area contributed by atoms with Crippen molar-refractivity contribution >= 4 is 74.6 Å². The van der Waals surface area contributed by atoms with Gasteiger partial charge in [0.25, 0.3) is 0 Å². The third kappa shape index (κ3) is 4.16. The first-order valence-corrected chi connectivity index (χ1v) is 16.6. The van der Waals surface area contributed by atoms with E-state index in [1.807, 2.05) is 29.5 Å². The first kappa shape index (κ1) is 26.3. The minimum Gasteiger partial charge on any atom is -0.208 e. The molecular formula is C43H25N3S. The lowest BCUT2D eigenvalue weighted by Crippen LogP contribution is -2.01. The first-order chi connectivity index (χ1) is 23.3. The van der Waals surface area contributed by atoms with E-state index in [-0.39, 0.29) is 0 Å². The Balaban J connectivity index is 1.32. The minimum absolute atomic E-state index is 0.660. The summed E-state index contributed by atoms with van der Waals surface area (Å²) in [6.45, 7) is 0. The lowest BCUT2D eigenvalue weighted by atomic mass is 9.92. The largest absolute Gasteiger partial charge is 0.208 e. The molecule has 0 spiro atoms. The number of fused-ring (bicyclic) bond motifs is 10. The van der Waals surface area contributed by atoms with Gasteiger partial charge in [0.05, 0.1) is 0 Å². The number of nitrogens with zero attached hydrogens (tertiary/aromatic N) is 3. The van der Waals surface area contributed by atoms with E-state index in [4.69, 9.17) is 15.0 Å². The molecule has 218 valence electrons. The Labute approximate surface area is 274 Å². The van der Waals surface area contributed by atoms with E-state index in [2.05, 4.69) is 133 Å². The maximum Gasteiger partial charge on any atom is 0.164 e. The summed E-state index contributed by atoms with van der Waals surface area (Å²) in [4.78, 5) is 15.4. The molecule has 0 saturated heterocycles. The van der Waals surface area contributed by atoms with Crippen molar-refractivity contribution < 1.29 is 0 Å². The summed E-state index contributed by atoms with van der Waals surface area (Å²) in [6.07, 6.45) is 0. The normalized spacial score (nSPS) is 11.8. The standard InChI is InChI=1S/C43H25N3S/c1-2-12-28(13-3-1)41-44-42(31-19-18-26-10-4-5-14-29(26)24-31)46-43(45-41)35-25-30-15-7-9-17-33(30)38-34(35)21-23-37-40(38)39-32-16-8-6-11-27(32)20-22-36(39)47-37/h1-25H. The summed E-state index contributed by atoms with van der Waals surface area (Å²) >= 11 is 1.86. The highest BCUT2D eigenvalue weighted by Gasteiger charge is 2.20. The maximum atomic E-state index is 5.22. The summed E-state index contributed by atoms with van der Waals surface area (Å²) in [5.74, 6) is 1.99. The van der Waals surface area contributed by atoms with Crippen molar-refractivity contribution in [2.75, 3.05) is 0 Å². The third-order valence-corrected chi connectivity index (χ3v) is 10.4. The summed E-state index contributed by atoms with van der Waals surface area (Å²) in [6, 6.07) is 53.8. The van der Waals surface area contributed by atoms with Crippen molar-refractivity contribution in [1.29, 1.82) is 0 Å². The molecule has 3 nitrogen and oxygen atoms in total. The molecule has 2 heterocycles. The van der Waals surface area contributed by atoms with Gasteiger partial charge in [0.1, 0.15) is 0 Å².